The second-order valence-corrected chi connectivity index (χ2v) is 5.01. The monoisotopic (exact) mass is 288 g/mol. The van der Waals surface area contributed by atoms with Crippen LogP contribution in [0.25, 0.3) is 11.0 Å². The third kappa shape index (κ3) is 2.41. The van der Waals surface area contributed by atoms with E-state index in [4.69, 9.17) is 11.6 Å². The Morgan fingerprint density at radius 2 is 1.80 bits per heavy atom. The lowest BCUT2D eigenvalue weighted by molar-refractivity contribution is 0.598. The Kier molecular flexibility index (Phi) is 3.70. The number of aryl methyl sites for hydroxylation is 1. The summed E-state index contributed by atoms with van der Waals surface area (Å²) in [4.78, 5) is 4.58. The summed E-state index contributed by atoms with van der Waals surface area (Å²) in [6.07, 6.45) is 0.671. The summed E-state index contributed by atoms with van der Waals surface area (Å²) in [5, 5.41) is 0. The van der Waals surface area contributed by atoms with E-state index in [1.54, 1.807) is 12.1 Å². The van der Waals surface area contributed by atoms with Gasteiger partial charge in [-0.2, -0.15) is 0 Å². The number of benzene rings is 2. The summed E-state index contributed by atoms with van der Waals surface area (Å²) in [5.41, 5.74) is 2.59. The number of nitrogens with zero attached hydrogens (tertiary/aromatic N) is 2. The van der Waals surface area contributed by atoms with E-state index in [2.05, 4.69) is 4.98 Å². The summed E-state index contributed by atoms with van der Waals surface area (Å²) in [7, 11) is 0. The van der Waals surface area contributed by atoms with Crippen molar-refractivity contribution < 1.29 is 4.39 Å². The van der Waals surface area contributed by atoms with Crippen molar-refractivity contribution in [2.45, 2.75) is 13.0 Å². The topological polar surface area (TPSA) is 17.8 Å². The van der Waals surface area contributed by atoms with E-state index in [0.717, 1.165) is 16.9 Å². The van der Waals surface area contributed by atoms with Gasteiger partial charge in [-0.1, -0.05) is 30.3 Å². The van der Waals surface area contributed by atoms with E-state index in [1.165, 1.54) is 6.07 Å². The van der Waals surface area contributed by atoms with Gasteiger partial charge in [-0.15, -0.1) is 11.6 Å². The molecule has 0 aliphatic rings. The fourth-order valence-electron chi connectivity index (χ4n) is 2.37. The molecular weight excluding hydrogens is 275 g/mol. The normalized spacial score (nSPS) is 11.1. The van der Waals surface area contributed by atoms with Crippen molar-refractivity contribution >= 4 is 22.6 Å². The van der Waals surface area contributed by atoms with Crippen LogP contribution in [0.4, 0.5) is 4.39 Å². The molecule has 2 aromatic carbocycles. The van der Waals surface area contributed by atoms with E-state index >= 15 is 0 Å². The summed E-state index contributed by atoms with van der Waals surface area (Å²) >= 11 is 5.84. The minimum Gasteiger partial charge on any atom is -0.323 e. The van der Waals surface area contributed by atoms with E-state index in [1.807, 2.05) is 34.9 Å². The molecule has 102 valence electrons. The van der Waals surface area contributed by atoms with Crippen LogP contribution in [0.2, 0.25) is 0 Å². The Balaban J connectivity index is 2.09. The summed E-state index contributed by atoms with van der Waals surface area (Å²) in [6.45, 7) is 0.472. The molecule has 0 N–H and O–H groups in total. The molecule has 4 heteroatoms. The molecule has 0 bridgehead atoms. The fraction of sp³-hybridized carbons (Fsp3) is 0.188. The maximum absolute atomic E-state index is 13.8. The molecule has 0 fully saturated rings. The highest BCUT2D eigenvalue weighted by Crippen LogP contribution is 2.19. The highest BCUT2D eigenvalue weighted by molar-refractivity contribution is 6.17. The van der Waals surface area contributed by atoms with Gasteiger partial charge in [-0.05, 0) is 18.2 Å². The number of rotatable bonds is 4. The molecule has 0 saturated heterocycles. The van der Waals surface area contributed by atoms with Crippen molar-refractivity contribution in [3.05, 3.63) is 65.7 Å². The highest BCUT2D eigenvalue weighted by Gasteiger charge is 2.11. The van der Waals surface area contributed by atoms with E-state index < -0.39 is 0 Å². The van der Waals surface area contributed by atoms with E-state index in [9.17, 15) is 4.39 Å². The molecular formula is C16H14ClFN2. The molecule has 0 amide bonds. The Morgan fingerprint density at radius 1 is 1.05 bits per heavy atom. The number of hydrogen-bond acceptors (Lipinski definition) is 1. The maximum atomic E-state index is 13.8. The average Bonchev–Trinajstić information content (AvgIpc) is 2.80. The van der Waals surface area contributed by atoms with Crippen LogP contribution >= 0.6 is 11.6 Å². The van der Waals surface area contributed by atoms with Crippen molar-refractivity contribution in [3.8, 4) is 0 Å². The lowest BCUT2D eigenvalue weighted by Gasteiger charge is -2.09. The first-order valence-corrected chi connectivity index (χ1v) is 7.06. The molecule has 20 heavy (non-hydrogen) atoms. The van der Waals surface area contributed by atoms with Gasteiger partial charge in [0.2, 0.25) is 0 Å². The molecule has 0 spiro atoms. The molecule has 0 aliphatic carbocycles. The molecule has 0 atom stereocenters. The van der Waals surface area contributed by atoms with Crippen LogP contribution in [0, 0.1) is 5.82 Å². The van der Waals surface area contributed by atoms with Gasteiger partial charge in [0.25, 0.3) is 0 Å². The van der Waals surface area contributed by atoms with Crippen molar-refractivity contribution in [2.75, 3.05) is 5.88 Å². The third-order valence-corrected chi connectivity index (χ3v) is 3.53. The van der Waals surface area contributed by atoms with Gasteiger partial charge in [0.05, 0.1) is 17.6 Å². The average molecular weight is 289 g/mol. The zero-order chi connectivity index (χ0) is 13.9. The molecule has 2 nitrogen and oxygen atoms in total. The molecule has 1 aromatic heterocycles. The summed E-state index contributed by atoms with van der Waals surface area (Å²) in [5.74, 6) is 1.20. The Labute approximate surface area is 121 Å². The number of imidazole rings is 1. The van der Waals surface area contributed by atoms with Crippen molar-refractivity contribution in [2.24, 2.45) is 0 Å². The third-order valence-electron chi connectivity index (χ3n) is 3.34. The van der Waals surface area contributed by atoms with Crippen LogP contribution in [0.15, 0.2) is 48.5 Å². The molecule has 0 unspecified atom stereocenters. The Bertz CT molecular complexity index is 736. The van der Waals surface area contributed by atoms with E-state index in [0.29, 0.717) is 24.4 Å². The first-order valence-electron chi connectivity index (χ1n) is 6.53. The van der Waals surface area contributed by atoms with Crippen LogP contribution in [-0.4, -0.2) is 15.4 Å². The van der Waals surface area contributed by atoms with Gasteiger partial charge in [0.15, 0.2) is 0 Å². The maximum Gasteiger partial charge on any atom is 0.128 e. The van der Waals surface area contributed by atoms with Crippen LogP contribution in [0.1, 0.15) is 11.4 Å². The Hall–Kier alpha value is -1.87. The van der Waals surface area contributed by atoms with E-state index in [-0.39, 0.29) is 5.82 Å². The second-order valence-electron chi connectivity index (χ2n) is 4.63. The highest BCUT2D eigenvalue weighted by atomic mass is 35.5. The quantitative estimate of drug-likeness (QED) is 0.663. The zero-order valence-electron chi connectivity index (χ0n) is 10.9. The molecule has 0 saturated carbocycles. The van der Waals surface area contributed by atoms with Crippen molar-refractivity contribution in [1.29, 1.82) is 0 Å². The molecule has 0 radical (unpaired) electrons. The number of aromatic nitrogens is 2. The number of alkyl halides is 1. The van der Waals surface area contributed by atoms with Gasteiger partial charge in [0.1, 0.15) is 11.6 Å². The first-order chi connectivity index (χ1) is 9.79. The van der Waals surface area contributed by atoms with Crippen molar-refractivity contribution in [3.63, 3.8) is 0 Å². The molecule has 3 aromatic rings. The molecule has 3 rings (SSSR count). The summed E-state index contributed by atoms with van der Waals surface area (Å²) < 4.78 is 15.9. The second kappa shape index (κ2) is 5.63. The van der Waals surface area contributed by atoms with Gasteiger partial charge in [-0.3, -0.25) is 0 Å². The van der Waals surface area contributed by atoms with Crippen LogP contribution in [0.3, 0.4) is 0 Å². The lowest BCUT2D eigenvalue weighted by atomic mass is 10.2. The van der Waals surface area contributed by atoms with Gasteiger partial charge in [-0.25, -0.2) is 9.37 Å². The van der Waals surface area contributed by atoms with Crippen molar-refractivity contribution in [1.82, 2.24) is 9.55 Å². The minimum atomic E-state index is -0.192. The first kappa shape index (κ1) is 13.1. The number of hydrogen-bond donors (Lipinski definition) is 0. The van der Waals surface area contributed by atoms with Gasteiger partial charge in [0, 0.05) is 17.9 Å². The Morgan fingerprint density at radius 3 is 2.60 bits per heavy atom. The predicted molar refractivity (Wildman–Crippen MR) is 79.7 cm³/mol. The standard InChI is InChI=1S/C16H14ClFN2/c17-10-9-16-19-14-7-3-4-8-15(14)20(16)11-12-5-1-2-6-13(12)18/h1-8H,9-11H2. The van der Waals surface area contributed by atoms with Gasteiger partial charge < -0.3 is 4.57 Å². The predicted octanol–water partition coefficient (Wildman–Crippen LogP) is 4.01. The number of halogens is 2. The van der Waals surface area contributed by atoms with Crippen LogP contribution < -0.4 is 0 Å². The fourth-order valence-corrected chi connectivity index (χ4v) is 2.54. The zero-order valence-corrected chi connectivity index (χ0v) is 11.6. The SMILES string of the molecule is Fc1ccccc1Cn1c(CCCl)nc2ccccc21. The number of fused-ring (bicyclic) bond motifs is 1. The molecule has 1 heterocycles. The summed E-state index contributed by atoms with van der Waals surface area (Å²) in [6, 6.07) is 14.7. The van der Waals surface area contributed by atoms with Gasteiger partial charge >= 0.3 is 0 Å². The van der Waals surface area contributed by atoms with Crippen LogP contribution in [0.5, 0.6) is 0 Å². The minimum absolute atomic E-state index is 0.192. The lowest BCUT2D eigenvalue weighted by Crippen LogP contribution is -2.07. The van der Waals surface area contributed by atoms with Crippen LogP contribution in [-0.2, 0) is 13.0 Å². The number of para-hydroxylation sites is 2. The smallest absolute Gasteiger partial charge is 0.128 e. The largest absolute Gasteiger partial charge is 0.323 e. The molecule has 0 aliphatic heterocycles.